The van der Waals surface area contributed by atoms with Crippen LogP contribution < -0.4 is 5.32 Å². The van der Waals surface area contributed by atoms with Crippen LogP contribution in [0.3, 0.4) is 0 Å². The first-order chi connectivity index (χ1) is 12.0. The molecule has 1 amide bonds. The first kappa shape index (κ1) is 17.1. The van der Waals surface area contributed by atoms with Crippen LogP contribution in [0.2, 0.25) is 0 Å². The number of nitrogens with zero attached hydrogens (tertiary/aromatic N) is 5. The van der Waals surface area contributed by atoms with Crippen LogP contribution in [-0.2, 0) is 17.9 Å². The molecule has 0 saturated heterocycles. The molecule has 9 nitrogen and oxygen atoms in total. The lowest BCUT2D eigenvalue weighted by Gasteiger charge is -2.14. The molecule has 9 heteroatoms. The van der Waals surface area contributed by atoms with Crippen molar-refractivity contribution >= 4 is 11.9 Å². The van der Waals surface area contributed by atoms with Crippen LogP contribution in [0, 0.1) is 0 Å². The van der Waals surface area contributed by atoms with Crippen molar-refractivity contribution < 1.29 is 14.7 Å². The Bertz CT molecular complexity index is 777. The number of amides is 1. The molecule has 1 fully saturated rings. The van der Waals surface area contributed by atoms with Crippen molar-refractivity contribution in [2.24, 2.45) is 0 Å². The van der Waals surface area contributed by atoms with Gasteiger partial charge in [0.25, 0.3) is 5.91 Å². The molecule has 1 aliphatic carbocycles. The third-order valence-electron chi connectivity index (χ3n) is 4.36. The fourth-order valence-electron chi connectivity index (χ4n) is 2.74. The maximum absolute atomic E-state index is 12.6. The molecule has 0 aromatic carbocycles. The molecular formula is C16H22N6O3. The zero-order chi connectivity index (χ0) is 18.0. The first-order valence-electron chi connectivity index (χ1n) is 8.46. The Morgan fingerprint density at radius 1 is 1.44 bits per heavy atom. The summed E-state index contributed by atoms with van der Waals surface area (Å²) in [6.07, 6.45) is 6.28. The maximum atomic E-state index is 12.6. The van der Waals surface area contributed by atoms with Crippen LogP contribution in [0.1, 0.15) is 66.8 Å². The second-order valence-electron chi connectivity index (χ2n) is 6.40. The van der Waals surface area contributed by atoms with E-state index in [1.54, 1.807) is 6.20 Å². The van der Waals surface area contributed by atoms with Crippen molar-refractivity contribution in [1.82, 2.24) is 30.1 Å². The quantitative estimate of drug-likeness (QED) is 0.745. The van der Waals surface area contributed by atoms with E-state index < -0.39 is 5.97 Å². The van der Waals surface area contributed by atoms with Gasteiger partial charge in [0.1, 0.15) is 12.2 Å². The molecule has 1 saturated carbocycles. The summed E-state index contributed by atoms with van der Waals surface area (Å²) >= 11 is 0. The Hall–Kier alpha value is -2.71. The van der Waals surface area contributed by atoms with Crippen LogP contribution in [-0.4, -0.2) is 41.8 Å². The summed E-state index contributed by atoms with van der Waals surface area (Å²) in [6.45, 7) is 4.13. The minimum Gasteiger partial charge on any atom is -0.480 e. The molecule has 2 heterocycles. The van der Waals surface area contributed by atoms with E-state index in [-0.39, 0.29) is 25.0 Å². The lowest BCUT2D eigenvalue weighted by molar-refractivity contribution is -0.137. The minimum atomic E-state index is -0.994. The van der Waals surface area contributed by atoms with Crippen LogP contribution in [0.15, 0.2) is 12.4 Å². The number of carboxylic acid groups (broad SMARTS) is 1. The van der Waals surface area contributed by atoms with Gasteiger partial charge < -0.3 is 10.4 Å². The lowest BCUT2D eigenvalue weighted by Crippen LogP contribution is -2.24. The van der Waals surface area contributed by atoms with E-state index in [4.69, 9.17) is 5.11 Å². The number of hydrogen-bond acceptors (Lipinski definition) is 5. The summed E-state index contributed by atoms with van der Waals surface area (Å²) < 4.78 is 3.19. The second kappa shape index (κ2) is 7.04. The fourth-order valence-corrected chi connectivity index (χ4v) is 2.74. The molecule has 0 radical (unpaired) electrons. The van der Waals surface area contributed by atoms with E-state index in [0.717, 1.165) is 25.0 Å². The van der Waals surface area contributed by atoms with Crippen LogP contribution in [0.4, 0.5) is 0 Å². The van der Waals surface area contributed by atoms with Crippen LogP contribution in [0.5, 0.6) is 0 Å². The SMILES string of the molecule is CCC(C)n1ncc(C(=O)NCc2cn(CC(=O)O)nn2)c1C1CC1. The van der Waals surface area contributed by atoms with Gasteiger partial charge in [-0.2, -0.15) is 5.10 Å². The first-order valence-corrected chi connectivity index (χ1v) is 8.46. The van der Waals surface area contributed by atoms with Crippen molar-refractivity contribution in [2.75, 3.05) is 0 Å². The topological polar surface area (TPSA) is 115 Å². The lowest BCUT2D eigenvalue weighted by atomic mass is 10.1. The van der Waals surface area contributed by atoms with Crippen molar-refractivity contribution in [2.45, 2.75) is 58.2 Å². The third-order valence-corrected chi connectivity index (χ3v) is 4.36. The molecule has 0 bridgehead atoms. The molecule has 134 valence electrons. The maximum Gasteiger partial charge on any atom is 0.325 e. The van der Waals surface area contributed by atoms with Crippen molar-refractivity contribution in [3.05, 3.63) is 29.3 Å². The molecule has 1 atom stereocenters. The summed E-state index contributed by atoms with van der Waals surface area (Å²) in [4.78, 5) is 23.2. The fraction of sp³-hybridized carbons (Fsp3) is 0.562. The number of nitrogens with one attached hydrogen (secondary N) is 1. The summed E-state index contributed by atoms with van der Waals surface area (Å²) in [5, 5.41) is 23.6. The van der Waals surface area contributed by atoms with Crippen LogP contribution >= 0.6 is 0 Å². The van der Waals surface area contributed by atoms with E-state index >= 15 is 0 Å². The van der Waals surface area contributed by atoms with Gasteiger partial charge in [-0.05, 0) is 26.2 Å². The molecule has 2 N–H and O–H groups in total. The van der Waals surface area contributed by atoms with Crippen molar-refractivity contribution in [1.29, 1.82) is 0 Å². The summed E-state index contributed by atoms with van der Waals surface area (Å²) in [5.74, 6) is -0.773. The van der Waals surface area contributed by atoms with E-state index in [0.29, 0.717) is 17.2 Å². The number of carbonyl (C=O) groups excluding carboxylic acids is 1. The average Bonchev–Trinajstić information content (AvgIpc) is 3.16. The highest BCUT2D eigenvalue weighted by molar-refractivity contribution is 5.95. The molecular weight excluding hydrogens is 324 g/mol. The Balaban J connectivity index is 1.68. The molecule has 1 unspecified atom stereocenters. The molecule has 3 rings (SSSR count). The van der Waals surface area contributed by atoms with Gasteiger partial charge in [-0.15, -0.1) is 5.10 Å². The standard InChI is InChI=1S/C16H22N6O3/c1-3-10(2)22-15(11-4-5-11)13(7-18-22)16(25)17-6-12-8-21(20-19-12)9-14(23)24/h7-8,10-11H,3-6,9H2,1-2H3,(H,17,25)(H,23,24). The van der Waals surface area contributed by atoms with Gasteiger partial charge in [-0.3, -0.25) is 14.3 Å². The summed E-state index contributed by atoms with van der Waals surface area (Å²) in [5.41, 5.74) is 2.14. The van der Waals surface area contributed by atoms with Gasteiger partial charge in [0.05, 0.1) is 30.2 Å². The number of hydrogen-bond donors (Lipinski definition) is 2. The molecule has 0 spiro atoms. The predicted molar refractivity (Wildman–Crippen MR) is 88.0 cm³/mol. The number of aromatic nitrogens is 5. The van der Waals surface area contributed by atoms with Gasteiger partial charge in [0.2, 0.25) is 0 Å². The zero-order valence-electron chi connectivity index (χ0n) is 14.3. The Morgan fingerprint density at radius 3 is 2.84 bits per heavy atom. The number of carboxylic acids is 1. The molecule has 0 aliphatic heterocycles. The number of aliphatic carboxylic acids is 1. The molecule has 1 aliphatic rings. The average molecular weight is 346 g/mol. The van der Waals surface area contributed by atoms with Gasteiger partial charge in [0, 0.05) is 12.0 Å². The van der Waals surface area contributed by atoms with Crippen molar-refractivity contribution in [3.63, 3.8) is 0 Å². The number of rotatable bonds is 8. The van der Waals surface area contributed by atoms with Crippen molar-refractivity contribution in [3.8, 4) is 0 Å². The predicted octanol–water partition coefficient (Wildman–Crippen LogP) is 1.34. The highest BCUT2D eigenvalue weighted by Gasteiger charge is 2.33. The van der Waals surface area contributed by atoms with E-state index in [9.17, 15) is 9.59 Å². The summed E-state index contributed by atoms with van der Waals surface area (Å²) in [6, 6.07) is 0.257. The summed E-state index contributed by atoms with van der Waals surface area (Å²) in [7, 11) is 0. The normalized spacial score (nSPS) is 15.1. The van der Waals surface area contributed by atoms with Crippen LogP contribution in [0.25, 0.3) is 0 Å². The second-order valence-corrected chi connectivity index (χ2v) is 6.40. The highest BCUT2D eigenvalue weighted by Crippen LogP contribution is 2.42. The Labute approximate surface area is 145 Å². The Morgan fingerprint density at radius 2 is 2.20 bits per heavy atom. The molecule has 2 aromatic heterocycles. The minimum absolute atomic E-state index is 0.191. The van der Waals surface area contributed by atoms with Gasteiger partial charge >= 0.3 is 5.97 Å². The monoisotopic (exact) mass is 346 g/mol. The largest absolute Gasteiger partial charge is 0.480 e. The number of carbonyl (C=O) groups is 2. The van der Waals surface area contributed by atoms with E-state index in [1.807, 2.05) is 4.68 Å². The van der Waals surface area contributed by atoms with E-state index in [2.05, 4.69) is 34.6 Å². The smallest absolute Gasteiger partial charge is 0.325 e. The van der Waals surface area contributed by atoms with E-state index in [1.165, 1.54) is 10.9 Å². The van der Waals surface area contributed by atoms with Gasteiger partial charge in [0.15, 0.2) is 0 Å². The van der Waals surface area contributed by atoms with Gasteiger partial charge in [-0.1, -0.05) is 12.1 Å². The molecule has 25 heavy (non-hydrogen) atoms. The third kappa shape index (κ3) is 3.86. The zero-order valence-corrected chi connectivity index (χ0v) is 14.3. The van der Waals surface area contributed by atoms with Gasteiger partial charge in [-0.25, -0.2) is 4.68 Å². The molecule has 2 aromatic rings. The highest BCUT2D eigenvalue weighted by atomic mass is 16.4. The Kier molecular flexibility index (Phi) is 4.82.